The van der Waals surface area contributed by atoms with Gasteiger partial charge >= 0.3 is 5.97 Å². The second-order valence-electron chi connectivity index (χ2n) is 5.04. The van der Waals surface area contributed by atoms with Gasteiger partial charge in [0.15, 0.2) is 0 Å². The summed E-state index contributed by atoms with van der Waals surface area (Å²) in [5.74, 6) is -0.331. The van der Waals surface area contributed by atoms with Gasteiger partial charge < -0.3 is 8.92 Å². The number of hydrogen-bond donors (Lipinski definition) is 0. The molecule has 0 aliphatic heterocycles. The number of ether oxygens (including phenoxy) is 1. The van der Waals surface area contributed by atoms with Gasteiger partial charge in [0.1, 0.15) is 0 Å². The number of carbonyl (C=O) groups excluding carboxylic acids is 1. The van der Waals surface area contributed by atoms with Crippen molar-refractivity contribution in [3.05, 3.63) is 77.9 Å². The molecule has 3 rings (SSSR count). The van der Waals surface area contributed by atoms with E-state index in [4.69, 9.17) is 4.18 Å². The van der Waals surface area contributed by atoms with Gasteiger partial charge in [-0.2, -0.15) is 0 Å². The fraction of sp³-hybridized carbons (Fsp3) is 0.105. The van der Waals surface area contributed by atoms with Gasteiger partial charge in [-0.3, -0.25) is 0 Å². The fourth-order valence-electron chi connectivity index (χ4n) is 2.24. The monoisotopic (exact) mass is 324 g/mol. The summed E-state index contributed by atoms with van der Waals surface area (Å²) in [4.78, 5) is 12.4. The average Bonchev–Trinajstić information content (AvgIpc) is 2.61. The summed E-state index contributed by atoms with van der Waals surface area (Å²) in [6.07, 6.45) is 0. The van der Waals surface area contributed by atoms with E-state index in [2.05, 4.69) is 29.0 Å². The van der Waals surface area contributed by atoms with Crippen LogP contribution in [0.2, 0.25) is 0 Å². The smallest absolute Gasteiger partial charge is 0.337 e. The zero-order valence-electron chi connectivity index (χ0n) is 12.7. The molecule has 0 aliphatic carbocycles. The molecule has 0 spiro atoms. The second kappa shape index (κ2) is 7.31. The van der Waals surface area contributed by atoms with Crippen molar-refractivity contribution in [2.24, 2.45) is 0 Å². The van der Waals surface area contributed by atoms with Gasteiger partial charge in [-0.1, -0.05) is 42.5 Å². The highest BCUT2D eigenvalue weighted by Gasteiger charge is 2.04. The molecule has 0 bridgehead atoms. The summed E-state index contributed by atoms with van der Waals surface area (Å²) in [5.41, 5.74) is 1.55. The van der Waals surface area contributed by atoms with Crippen LogP contribution in [0.4, 0.5) is 0 Å². The van der Waals surface area contributed by atoms with Crippen LogP contribution < -0.4 is 0 Å². The summed E-state index contributed by atoms with van der Waals surface area (Å²) < 4.78 is 10.4. The highest BCUT2D eigenvalue weighted by molar-refractivity contribution is 7.94. The molecule has 0 radical (unpaired) electrons. The minimum Gasteiger partial charge on any atom is -0.465 e. The van der Waals surface area contributed by atoms with Gasteiger partial charge in [0.25, 0.3) is 0 Å². The van der Waals surface area contributed by atoms with E-state index in [1.807, 2.05) is 30.3 Å². The molecule has 3 aromatic rings. The van der Waals surface area contributed by atoms with Crippen LogP contribution in [-0.2, 0) is 15.5 Å². The number of esters is 1. The molecule has 0 fully saturated rings. The normalized spacial score (nSPS) is 10.7. The van der Waals surface area contributed by atoms with Crippen molar-refractivity contribution >= 4 is 28.8 Å². The Hall–Kier alpha value is -2.30. The molecule has 4 heteroatoms. The van der Waals surface area contributed by atoms with E-state index in [9.17, 15) is 4.79 Å². The minimum absolute atomic E-state index is 0.331. The molecule has 0 saturated carbocycles. The highest BCUT2D eigenvalue weighted by Crippen LogP contribution is 2.25. The lowest BCUT2D eigenvalue weighted by molar-refractivity contribution is 0.0600. The third-order valence-corrected chi connectivity index (χ3v) is 4.16. The number of benzene rings is 3. The highest BCUT2D eigenvalue weighted by atomic mass is 32.2. The van der Waals surface area contributed by atoms with E-state index in [0.29, 0.717) is 12.2 Å². The van der Waals surface area contributed by atoms with Crippen molar-refractivity contribution in [2.75, 3.05) is 7.11 Å². The molecule has 0 unspecified atom stereocenters. The average molecular weight is 324 g/mol. The van der Waals surface area contributed by atoms with Crippen molar-refractivity contribution in [1.29, 1.82) is 0 Å². The van der Waals surface area contributed by atoms with Crippen LogP contribution in [0, 0.1) is 0 Å². The Morgan fingerprint density at radius 2 is 1.70 bits per heavy atom. The summed E-state index contributed by atoms with van der Waals surface area (Å²) in [6.45, 7) is 0.471. The molecule has 0 aliphatic rings. The van der Waals surface area contributed by atoms with Crippen LogP contribution >= 0.6 is 12.0 Å². The Kier molecular flexibility index (Phi) is 4.95. The maximum atomic E-state index is 11.4. The molecule has 0 amide bonds. The van der Waals surface area contributed by atoms with Gasteiger partial charge in [-0.25, -0.2) is 4.79 Å². The summed E-state index contributed by atoms with van der Waals surface area (Å²) in [7, 11) is 1.37. The van der Waals surface area contributed by atoms with Crippen molar-refractivity contribution in [3.63, 3.8) is 0 Å². The third kappa shape index (κ3) is 3.92. The number of hydrogen-bond acceptors (Lipinski definition) is 4. The van der Waals surface area contributed by atoms with Gasteiger partial charge in [0.2, 0.25) is 0 Å². The Morgan fingerprint density at radius 1 is 0.957 bits per heavy atom. The molecule has 3 aromatic carbocycles. The van der Waals surface area contributed by atoms with Crippen LogP contribution in [0.3, 0.4) is 0 Å². The second-order valence-corrected chi connectivity index (χ2v) is 5.92. The molecule has 116 valence electrons. The van der Waals surface area contributed by atoms with Crippen LogP contribution in [0.25, 0.3) is 10.8 Å². The van der Waals surface area contributed by atoms with Crippen LogP contribution in [0.5, 0.6) is 0 Å². The first-order chi connectivity index (χ1) is 11.3. The number of methoxy groups -OCH3 is 1. The zero-order valence-corrected chi connectivity index (χ0v) is 13.5. The SMILES string of the molecule is COC(=O)c1ccc(COSc2ccc3ccccc3c2)cc1. The zero-order chi connectivity index (χ0) is 16.1. The fourth-order valence-corrected chi connectivity index (χ4v) is 2.87. The molecule has 0 N–H and O–H groups in total. The summed E-state index contributed by atoms with van der Waals surface area (Å²) in [5, 5.41) is 2.42. The van der Waals surface area contributed by atoms with Gasteiger partial charge in [-0.05, 0) is 40.6 Å². The topological polar surface area (TPSA) is 35.5 Å². The van der Waals surface area contributed by atoms with E-state index in [-0.39, 0.29) is 5.97 Å². The van der Waals surface area contributed by atoms with Gasteiger partial charge in [0, 0.05) is 16.9 Å². The summed E-state index contributed by atoms with van der Waals surface area (Å²) in [6, 6.07) is 21.7. The molecule has 3 nitrogen and oxygen atoms in total. The molecule has 0 saturated heterocycles. The molecule has 0 aromatic heterocycles. The first-order valence-electron chi connectivity index (χ1n) is 7.22. The van der Waals surface area contributed by atoms with Crippen LogP contribution in [0.15, 0.2) is 71.6 Å². The number of rotatable bonds is 5. The van der Waals surface area contributed by atoms with Crippen molar-refractivity contribution < 1.29 is 13.7 Å². The van der Waals surface area contributed by atoms with E-state index in [1.54, 1.807) is 12.1 Å². The lowest BCUT2D eigenvalue weighted by atomic mass is 10.1. The van der Waals surface area contributed by atoms with E-state index < -0.39 is 0 Å². The maximum absolute atomic E-state index is 11.4. The minimum atomic E-state index is -0.331. The first kappa shape index (κ1) is 15.6. The molecule has 0 heterocycles. The molecular weight excluding hydrogens is 308 g/mol. The maximum Gasteiger partial charge on any atom is 0.337 e. The lowest BCUT2D eigenvalue weighted by Gasteiger charge is -2.05. The van der Waals surface area contributed by atoms with E-state index >= 15 is 0 Å². The number of carbonyl (C=O) groups is 1. The predicted octanol–water partition coefficient (Wildman–Crippen LogP) is 4.85. The Morgan fingerprint density at radius 3 is 2.43 bits per heavy atom. The Balaban J connectivity index is 1.58. The van der Waals surface area contributed by atoms with Crippen molar-refractivity contribution in [3.8, 4) is 0 Å². The standard InChI is InChI=1S/C19H16O3S/c1-21-19(20)16-8-6-14(7-9-16)13-22-23-18-11-10-15-4-2-3-5-17(15)12-18/h2-12H,13H2,1H3. The molecular formula is C19H16O3S. The third-order valence-electron chi connectivity index (χ3n) is 3.48. The van der Waals surface area contributed by atoms with Crippen molar-refractivity contribution in [1.82, 2.24) is 0 Å². The predicted molar refractivity (Wildman–Crippen MR) is 92.4 cm³/mol. The Bertz CT molecular complexity index is 812. The van der Waals surface area contributed by atoms with Gasteiger partial charge in [0.05, 0.1) is 19.3 Å². The van der Waals surface area contributed by atoms with Crippen molar-refractivity contribution in [2.45, 2.75) is 11.5 Å². The molecule has 23 heavy (non-hydrogen) atoms. The quantitative estimate of drug-likeness (QED) is 0.496. The first-order valence-corrected chi connectivity index (χ1v) is 7.96. The lowest BCUT2D eigenvalue weighted by Crippen LogP contribution is -2.00. The molecule has 0 atom stereocenters. The number of fused-ring (bicyclic) bond motifs is 1. The largest absolute Gasteiger partial charge is 0.465 e. The Labute approximate surface area is 139 Å². The van der Waals surface area contributed by atoms with Crippen LogP contribution in [-0.4, -0.2) is 13.1 Å². The summed E-state index contributed by atoms with van der Waals surface area (Å²) >= 11 is 1.35. The van der Waals surface area contributed by atoms with E-state index in [0.717, 1.165) is 10.5 Å². The van der Waals surface area contributed by atoms with Crippen LogP contribution in [0.1, 0.15) is 15.9 Å². The van der Waals surface area contributed by atoms with Gasteiger partial charge in [-0.15, -0.1) is 0 Å². The van der Waals surface area contributed by atoms with E-state index in [1.165, 1.54) is 29.9 Å².